The first kappa shape index (κ1) is 19.1. The summed E-state index contributed by atoms with van der Waals surface area (Å²) in [6.45, 7) is 0. The van der Waals surface area contributed by atoms with Crippen molar-refractivity contribution in [2.45, 2.75) is 12.5 Å². The Morgan fingerprint density at radius 1 is 1.24 bits per heavy atom. The van der Waals surface area contributed by atoms with Gasteiger partial charge in [-0.25, -0.2) is 8.42 Å². The van der Waals surface area contributed by atoms with Crippen LogP contribution in [0, 0.1) is 0 Å². The molecule has 1 aliphatic heterocycles. The van der Waals surface area contributed by atoms with Gasteiger partial charge in [0.2, 0.25) is 0 Å². The maximum Gasteiger partial charge on any atom is 0.276 e. The van der Waals surface area contributed by atoms with Gasteiger partial charge < -0.3 is 10.1 Å². The Balaban J connectivity index is 1.70. The molecule has 0 aliphatic carbocycles. The highest BCUT2D eigenvalue weighted by Crippen LogP contribution is 2.31. The van der Waals surface area contributed by atoms with Crippen LogP contribution in [0.4, 0.5) is 5.69 Å². The van der Waals surface area contributed by atoms with E-state index in [0.717, 1.165) is 5.56 Å². The molecule has 1 aromatic carbocycles. The largest absolute Gasteiger partial charge is 0.497 e. The topological polar surface area (TPSA) is 103 Å². The van der Waals surface area contributed by atoms with Crippen LogP contribution < -0.4 is 10.1 Å². The number of rotatable bonds is 5. The molecular weight excluding hydrogens is 392 g/mol. The monoisotopic (exact) mass is 412 g/mol. The minimum atomic E-state index is -3.10. The number of benzene rings is 1. The van der Waals surface area contributed by atoms with Crippen molar-refractivity contribution in [3.8, 4) is 17.0 Å². The summed E-state index contributed by atoms with van der Waals surface area (Å²) in [6, 6.07) is 12.2. The van der Waals surface area contributed by atoms with Crippen molar-refractivity contribution in [3.05, 3.63) is 60.6 Å². The van der Waals surface area contributed by atoms with E-state index in [1.807, 2.05) is 24.3 Å². The van der Waals surface area contributed by atoms with E-state index in [-0.39, 0.29) is 29.1 Å². The predicted octanol–water partition coefficient (Wildman–Crippen LogP) is 2.57. The molecular formula is C20H20N4O4S. The van der Waals surface area contributed by atoms with Gasteiger partial charge in [0.1, 0.15) is 5.75 Å². The molecule has 4 rings (SSSR count). The fraction of sp³-hybridized carbons (Fsp3) is 0.250. The van der Waals surface area contributed by atoms with Gasteiger partial charge in [0, 0.05) is 11.8 Å². The van der Waals surface area contributed by atoms with Gasteiger partial charge in [-0.2, -0.15) is 5.10 Å². The third kappa shape index (κ3) is 4.14. The summed E-state index contributed by atoms with van der Waals surface area (Å²) in [6.07, 6.45) is 3.63. The molecule has 1 atom stereocenters. The van der Waals surface area contributed by atoms with Crippen molar-refractivity contribution in [2.75, 3.05) is 23.9 Å². The van der Waals surface area contributed by atoms with E-state index in [1.54, 1.807) is 42.4 Å². The lowest BCUT2D eigenvalue weighted by atomic mass is 10.1. The molecule has 1 N–H and O–H groups in total. The van der Waals surface area contributed by atoms with E-state index in [2.05, 4.69) is 15.4 Å². The summed E-state index contributed by atoms with van der Waals surface area (Å²) < 4.78 is 30.8. The van der Waals surface area contributed by atoms with Gasteiger partial charge in [-0.05, 0) is 48.9 Å². The fourth-order valence-corrected chi connectivity index (χ4v) is 5.05. The number of amides is 1. The van der Waals surface area contributed by atoms with Crippen LogP contribution in [0.1, 0.15) is 23.0 Å². The first-order valence-electron chi connectivity index (χ1n) is 9.11. The van der Waals surface area contributed by atoms with Crippen LogP contribution in [-0.4, -0.2) is 47.7 Å². The Morgan fingerprint density at radius 3 is 2.66 bits per heavy atom. The second-order valence-electron chi connectivity index (χ2n) is 6.84. The van der Waals surface area contributed by atoms with E-state index >= 15 is 0 Å². The smallest absolute Gasteiger partial charge is 0.276 e. The van der Waals surface area contributed by atoms with Crippen LogP contribution in [0.3, 0.4) is 0 Å². The van der Waals surface area contributed by atoms with E-state index < -0.39 is 9.84 Å². The summed E-state index contributed by atoms with van der Waals surface area (Å²) in [7, 11) is -1.52. The second kappa shape index (κ2) is 7.67. The Morgan fingerprint density at radius 2 is 2.03 bits per heavy atom. The average molecular weight is 412 g/mol. The normalized spacial score (nSPS) is 17.8. The van der Waals surface area contributed by atoms with Crippen LogP contribution >= 0.6 is 0 Å². The van der Waals surface area contributed by atoms with Crippen molar-refractivity contribution >= 4 is 21.4 Å². The standard InChI is InChI=1S/C20H20N4O4S/c1-28-17-6-4-14(5-7-17)19-11-18(20(25)22-15-3-2-9-21-12-15)23-24(19)16-8-10-29(26,27)13-16/h2-7,9,11-12,16H,8,10,13H2,1H3,(H,22,25)/t16-/m1/s1. The van der Waals surface area contributed by atoms with Gasteiger partial charge in [0.05, 0.1) is 42.2 Å². The molecule has 1 amide bonds. The number of anilines is 1. The summed E-state index contributed by atoms with van der Waals surface area (Å²) in [4.78, 5) is 16.7. The van der Waals surface area contributed by atoms with E-state index in [9.17, 15) is 13.2 Å². The second-order valence-corrected chi connectivity index (χ2v) is 9.07. The highest BCUT2D eigenvalue weighted by Gasteiger charge is 2.32. The number of carbonyl (C=O) groups excluding carboxylic acids is 1. The molecule has 0 unspecified atom stereocenters. The Labute approximate surface area is 168 Å². The van der Waals surface area contributed by atoms with Gasteiger partial charge in [0.25, 0.3) is 5.91 Å². The molecule has 0 bridgehead atoms. The average Bonchev–Trinajstić information content (AvgIpc) is 3.32. The van der Waals surface area contributed by atoms with Crippen LogP contribution in [-0.2, 0) is 9.84 Å². The third-order valence-electron chi connectivity index (χ3n) is 4.83. The van der Waals surface area contributed by atoms with Crippen LogP contribution in [0.2, 0.25) is 0 Å². The van der Waals surface area contributed by atoms with E-state index in [0.29, 0.717) is 23.6 Å². The van der Waals surface area contributed by atoms with Crippen molar-refractivity contribution in [1.82, 2.24) is 14.8 Å². The third-order valence-corrected chi connectivity index (χ3v) is 6.58. The molecule has 29 heavy (non-hydrogen) atoms. The number of carbonyl (C=O) groups is 1. The van der Waals surface area contributed by atoms with Gasteiger partial charge in [-0.15, -0.1) is 0 Å². The number of nitrogens with one attached hydrogen (secondary N) is 1. The number of aromatic nitrogens is 3. The van der Waals surface area contributed by atoms with E-state index in [4.69, 9.17) is 4.74 Å². The van der Waals surface area contributed by atoms with Gasteiger partial charge in [0.15, 0.2) is 15.5 Å². The highest BCUT2D eigenvalue weighted by atomic mass is 32.2. The molecule has 3 aromatic rings. The summed E-state index contributed by atoms with van der Waals surface area (Å²) in [5, 5.41) is 7.22. The molecule has 9 heteroatoms. The quantitative estimate of drug-likeness (QED) is 0.691. The Hall–Kier alpha value is -3.20. The molecule has 1 saturated heterocycles. The van der Waals surface area contributed by atoms with E-state index in [1.165, 1.54) is 0 Å². The molecule has 0 saturated carbocycles. The molecule has 1 aliphatic rings. The number of sulfone groups is 1. The number of hydrogen-bond acceptors (Lipinski definition) is 6. The number of ether oxygens (including phenoxy) is 1. The maximum absolute atomic E-state index is 12.7. The predicted molar refractivity (Wildman–Crippen MR) is 109 cm³/mol. The van der Waals surface area contributed by atoms with Crippen molar-refractivity contribution in [2.24, 2.45) is 0 Å². The molecule has 150 valence electrons. The molecule has 3 heterocycles. The summed E-state index contributed by atoms with van der Waals surface area (Å²) in [5.74, 6) is 0.461. The lowest BCUT2D eigenvalue weighted by Crippen LogP contribution is -2.16. The summed E-state index contributed by atoms with van der Waals surface area (Å²) in [5.41, 5.74) is 2.28. The van der Waals surface area contributed by atoms with Gasteiger partial charge in [-0.1, -0.05) is 0 Å². The molecule has 2 aromatic heterocycles. The highest BCUT2D eigenvalue weighted by molar-refractivity contribution is 7.91. The van der Waals surface area contributed by atoms with Gasteiger partial charge >= 0.3 is 0 Å². The number of methoxy groups -OCH3 is 1. The van der Waals surface area contributed by atoms with Gasteiger partial charge in [-0.3, -0.25) is 14.5 Å². The fourth-order valence-electron chi connectivity index (χ4n) is 3.36. The molecule has 1 fully saturated rings. The zero-order chi connectivity index (χ0) is 20.4. The summed E-state index contributed by atoms with van der Waals surface area (Å²) >= 11 is 0. The van der Waals surface area contributed by atoms with Crippen LogP contribution in [0.25, 0.3) is 11.3 Å². The molecule has 8 nitrogen and oxygen atoms in total. The minimum Gasteiger partial charge on any atom is -0.497 e. The number of nitrogens with zero attached hydrogens (tertiary/aromatic N) is 3. The zero-order valence-electron chi connectivity index (χ0n) is 15.8. The van der Waals surface area contributed by atoms with Crippen LogP contribution in [0.15, 0.2) is 54.9 Å². The van der Waals surface area contributed by atoms with Crippen LogP contribution in [0.5, 0.6) is 5.75 Å². The minimum absolute atomic E-state index is 0.0154. The Kier molecular flexibility index (Phi) is 5.06. The number of pyridine rings is 1. The maximum atomic E-state index is 12.7. The Bertz CT molecular complexity index is 1130. The SMILES string of the molecule is COc1ccc(-c2cc(C(=O)Nc3cccnc3)nn2[C@@H]2CCS(=O)(=O)C2)cc1. The van der Waals surface area contributed by atoms with Crippen molar-refractivity contribution < 1.29 is 17.9 Å². The molecule has 0 spiro atoms. The number of hydrogen-bond donors (Lipinski definition) is 1. The first-order chi connectivity index (χ1) is 13.9. The lowest BCUT2D eigenvalue weighted by Gasteiger charge is -2.13. The van der Waals surface area contributed by atoms with Crippen molar-refractivity contribution in [3.63, 3.8) is 0 Å². The lowest BCUT2D eigenvalue weighted by molar-refractivity contribution is 0.102. The zero-order valence-corrected chi connectivity index (χ0v) is 16.6. The molecule has 0 radical (unpaired) electrons. The van der Waals surface area contributed by atoms with Crippen molar-refractivity contribution in [1.29, 1.82) is 0 Å². The first-order valence-corrected chi connectivity index (χ1v) is 10.9.